The van der Waals surface area contributed by atoms with E-state index in [-0.39, 0.29) is 17.3 Å². The average molecular weight is 423 g/mol. The second-order valence-corrected chi connectivity index (χ2v) is 8.67. The third kappa shape index (κ3) is 4.79. The first-order chi connectivity index (χ1) is 14.6. The lowest BCUT2D eigenvalue weighted by molar-refractivity contribution is 0.0955. The van der Waals surface area contributed by atoms with Gasteiger partial charge in [-0.2, -0.15) is 5.10 Å². The summed E-state index contributed by atoms with van der Waals surface area (Å²) < 4.78 is 14.9. The fraction of sp³-hybridized carbons (Fsp3) is 0.360. The van der Waals surface area contributed by atoms with Gasteiger partial charge in [0.05, 0.1) is 11.8 Å². The molecule has 3 rings (SSSR count). The van der Waals surface area contributed by atoms with Crippen LogP contribution >= 0.6 is 0 Å². The van der Waals surface area contributed by atoms with E-state index in [2.05, 4.69) is 42.3 Å². The third-order valence-corrected chi connectivity index (χ3v) is 5.54. The van der Waals surface area contributed by atoms with E-state index in [1.807, 2.05) is 38.1 Å². The minimum absolute atomic E-state index is 0.176. The molecule has 1 aliphatic heterocycles. The molecule has 0 atom stereocenters. The number of allylic oxidation sites excluding steroid dienone is 1. The van der Waals surface area contributed by atoms with Crippen molar-refractivity contribution in [3.63, 3.8) is 0 Å². The van der Waals surface area contributed by atoms with Gasteiger partial charge in [0.2, 0.25) is 0 Å². The van der Waals surface area contributed by atoms with E-state index in [1.54, 1.807) is 24.3 Å². The van der Waals surface area contributed by atoms with Crippen LogP contribution in [0.15, 0.2) is 47.6 Å². The summed E-state index contributed by atoms with van der Waals surface area (Å²) in [6.07, 6.45) is 4.55. The maximum atomic E-state index is 14.9. The van der Waals surface area contributed by atoms with Gasteiger partial charge in [0, 0.05) is 48.7 Å². The number of hydrogen-bond acceptors (Lipinski definition) is 4. The molecule has 0 radical (unpaired) electrons. The molecule has 0 fully saturated rings. The highest BCUT2D eigenvalue weighted by atomic mass is 19.1. The van der Waals surface area contributed by atoms with Crippen molar-refractivity contribution < 1.29 is 9.18 Å². The fourth-order valence-corrected chi connectivity index (χ4v) is 4.00. The Morgan fingerprint density at radius 1 is 1.26 bits per heavy atom. The highest BCUT2D eigenvalue weighted by Gasteiger charge is 2.31. The standard InChI is InChI=1S/C25H31FN4O/c1-7-11-30-23-14-22(26)19(13-21(23)17(2)15-25(30,3)4)16-27-28-24(31)18-9-8-10-20(12-18)29(5)6/h8-10,12-16H,7,11H2,1-6H3,(H,28,31)/b27-16-. The van der Waals surface area contributed by atoms with E-state index in [4.69, 9.17) is 0 Å². The van der Waals surface area contributed by atoms with Gasteiger partial charge in [0.1, 0.15) is 5.82 Å². The number of hydrogen-bond donors (Lipinski definition) is 1. The van der Waals surface area contributed by atoms with E-state index >= 15 is 0 Å². The molecular formula is C25H31FN4O. The number of carbonyl (C=O) groups is 1. The quantitative estimate of drug-likeness (QED) is 0.522. The number of fused-ring (bicyclic) bond motifs is 1. The molecule has 1 aliphatic rings. The summed E-state index contributed by atoms with van der Waals surface area (Å²) in [5.74, 6) is -0.705. The summed E-state index contributed by atoms with van der Waals surface area (Å²) in [6.45, 7) is 9.29. The molecule has 0 bridgehead atoms. The highest BCUT2D eigenvalue weighted by Crippen LogP contribution is 2.39. The number of benzene rings is 2. The van der Waals surface area contributed by atoms with Crippen molar-refractivity contribution in [1.29, 1.82) is 0 Å². The second-order valence-electron chi connectivity index (χ2n) is 8.67. The normalized spacial score (nSPS) is 14.9. The number of halogens is 1. The van der Waals surface area contributed by atoms with Crippen LogP contribution in [-0.4, -0.2) is 38.3 Å². The van der Waals surface area contributed by atoms with E-state index in [1.165, 1.54) is 6.21 Å². The molecule has 0 unspecified atom stereocenters. The van der Waals surface area contributed by atoms with Gasteiger partial charge < -0.3 is 9.80 Å². The van der Waals surface area contributed by atoms with Crippen molar-refractivity contribution in [2.75, 3.05) is 30.4 Å². The summed E-state index contributed by atoms with van der Waals surface area (Å²) in [6, 6.07) is 10.6. The average Bonchev–Trinajstić information content (AvgIpc) is 2.71. The van der Waals surface area contributed by atoms with E-state index < -0.39 is 0 Å². The molecule has 31 heavy (non-hydrogen) atoms. The van der Waals surface area contributed by atoms with Crippen LogP contribution in [0.2, 0.25) is 0 Å². The van der Waals surface area contributed by atoms with Crippen LogP contribution in [-0.2, 0) is 0 Å². The number of anilines is 2. The molecule has 2 aromatic rings. The SMILES string of the molecule is CCCN1c2cc(F)c(/C=N\NC(=O)c3cccc(N(C)C)c3)cc2C(C)=CC1(C)C. The lowest BCUT2D eigenvalue weighted by Crippen LogP contribution is -2.45. The zero-order chi connectivity index (χ0) is 22.8. The maximum Gasteiger partial charge on any atom is 0.271 e. The third-order valence-electron chi connectivity index (χ3n) is 5.54. The Hall–Kier alpha value is -3.15. The van der Waals surface area contributed by atoms with E-state index in [9.17, 15) is 9.18 Å². The molecule has 5 nitrogen and oxygen atoms in total. The van der Waals surface area contributed by atoms with Crippen molar-refractivity contribution in [3.8, 4) is 0 Å². The topological polar surface area (TPSA) is 47.9 Å². The van der Waals surface area contributed by atoms with Gasteiger partial charge in [-0.25, -0.2) is 9.82 Å². The molecule has 0 aromatic heterocycles. The summed E-state index contributed by atoms with van der Waals surface area (Å²) in [4.78, 5) is 16.6. The Labute approximate surface area is 184 Å². The van der Waals surface area contributed by atoms with Crippen molar-refractivity contribution in [1.82, 2.24) is 5.43 Å². The van der Waals surface area contributed by atoms with E-state index in [0.717, 1.165) is 35.5 Å². The van der Waals surface area contributed by atoms with Gasteiger partial charge in [-0.15, -0.1) is 0 Å². The monoisotopic (exact) mass is 422 g/mol. The number of carbonyl (C=O) groups excluding carboxylic acids is 1. The Morgan fingerprint density at radius 2 is 2.00 bits per heavy atom. The summed E-state index contributed by atoms with van der Waals surface area (Å²) >= 11 is 0. The molecular weight excluding hydrogens is 391 g/mol. The zero-order valence-corrected chi connectivity index (χ0v) is 19.2. The lowest BCUT2D eigenvalue weighted by atomic mass is 9.88. The fourth-order valence-electron chi connectivity index (χ4n) is 4.00. The number of nitrogens with zero attached hydrogens (tertiary/aromatic N) is 3. The zero-order valence-electron chi connectivity index (χ0n) is 19.2. The summed E-state index contributed by atoms with van der Waals surface area (Å²) in [5, 5.41) is 4.00. The Bertz CT molecular complexity index is 1040. The summed E-state index contributed by atoms with van der Waals surface area (Å²) in [7, 11) is 3.82. The minimum atomic E-state index is -0.363. The summed E-state index contributed by atoms with van der Waals surface area (Å²) in [5.41, 5.74) is 7.05. The smallest absolute Gasteiger partial charge is 0.271 e. The van der Waals surface area contributed by atoms with Crippen LogP contribution in [0.4, 0.5) is 15.8 Å². The van der Waals surface area contributed by atoms with Gasteiger partial charge in [0.25, 0.3) is 5.91 Å². The van der Waals surface area contributed by atoms with Gasteiger partial charge in [0.15, 0.2) is 0 Å². The van der Waals surface area contributed by atoms with Crippen LogP contribution in [0.25, 0.3) is 5.57 Å². The van der Waals surface area contributed by atoms with Crippen LogP contribution < -0.4 is 15.2 Å². The first-order valence-corrected chi connectivity index (χ1v) is 10.6. The molecule has 164 valence electrons. The van der Waals surface area contributed by atoms with Gasteiger partial charge in [-0.05, 0) is 63.1 Å². The number of amides is 1. The number of hydrazone groups is 1. The van der Waals surface area contributed by atoms with Crippen molar-refractivity contribution >= 4 is 29.1 Å². The molecule has 0 saturated carbocycles. The molecule has 6 heteroatoms. The van der Waals surface area contributed by atoms with Gasteiger partial charge >= 0.3 is 0 Å². The molecule has 0 aliphatic carbocycles. The molecule has 2 aromatic carbocycles. The van der Waals surface area contributed by atoms with Gasteiger partial charge in [-0.1, -0.05) is 19.1 Å². The van der Waals surface area contributed by atoms with Crippen LogP contribution in [0, 0.1) is 5.82 Å². The Balaban J connectivity index is 1.83. The molecule has 0 spiro atoms. The maximum absolute atomic E-state index is 14.9. The number of nitrogens with one attached hydrogen (secondary N) is 1. The van der Waals surface area contributed by atoms with Crippen molar-refractivity contribution in [3.05, 3.63) is 65.0 Å². The highest BCUT2D eigenvalue weighted by molar-refractivity contribution is 5.96. The molecule has 0 saturated heterocycles. The second kappa shape index (κ2) is 8.92. The predicted octanol–water partition coefficient (Wildman–Crippen LogP) is 5.07. The minimum Gasteiger partial charge on any atom is -0.378 e. The van der Waals surface area contributed by atoms with E-state index in [0.29, 0.717) is 11.1 Å². The largest absolute Gasteiger partial charge is 0.378 e. The number of rotatable bonds is 6. The molecule has 1 amide bonds. The first-order valence-electron chi connectivity index (χ1n) is 10.6. The predicted molar refractivity (Wildman–Crippen MR) is 128 cm³/mol. The van der Waals surface area contributed by atoms with Crippen molar-refractivity contribution in [2.45, 2.75) is 39.7 Å². The van der Waals surface area contributed by atoms with Gasteiger partial charge in [-0.3, -0.25) is 4.79 Å². The first kappa shape index (κ1) is 22.5. The Kier molecular flexibility index (Phi) is 6.48. The van der Waals surface area contributed by atoms with Crippen LogP contribution in [0.1, 0.15) is 55.6 Å². The Morgan fingerprint density at radius 3 is 2.68 bits per heavy atom. The molecule has 1 heterocycles. The van der Waals surface area contributed by atoms with Crippen LogP contribution in [0.5, 0.6) is 0 Å². The lowest BCUT2D eigenvalue weighted by Gasteiger charge is -2.43. The van der Waals surface area contributed by atoms with Crippen molar-refractivity contribution in [2.24, 2.45) is 5.10 Å². The van der Waals surface area contributed by atoms with Crippen LogP contribution in [0.3, 0.4) is 0 Å². The molecule has 1 N–H and O–H groups in total.